The average molecular weight is 345 g/mol. The third-order valence-corrected chi connectivity index (χ3v) is 4.51. The normalized spacial score (nSPS) is 24.1. The minimum Gasteiger partial charge on any atom is -0.396 e. The number of hydrogen-bond acceptors (Lipinski definition) is 3. The van der Waals surface area contributed by atoms with Crippen LogP contribution < -0.4 is 10.6 Å². The smallest absolute Gasteiger partial charge is 0.313 e. The molecule has 120 valence electrons. The molecule has 2 amide bonds. The Hall–Kier alpha value is -1.30. The Kier molecular flexibility index (Phi) is 5.32. The lowest BCUT2D eigenvalue weighted by Crippen LogP contribution is -2.48. The minimum atomic E-state index is -0.787. The van der Waals surface area contributed by atoms with Gasteiger partial charge in [0.05, 0.1) is 6.61 Å². The van der Waals surface area contributed by atoms with E-state index in [2.05, 4.69) is 10.6 Å². The monoisotopic (exact) mass is 344 g/mol. The first kappa shape index (κ1) is 17.1. The number of aliphatic hydroxyl groups is 1. The van der Waals surface area contributed by atoms with Gasteiger partial charge in [0, 0.05) is 27.2 Å². The molecular formula is C15H18Cl2N2O3. The molecule has 7 heteroatoms. The summed E-state index contributed by atoms with van der Waals surface area (Å²) in [5, 5.41) is 15.4. The Morgan fingerprint density at radius 3 is 2.50 bits per heavy atom. The van der Waals surface area contributed by atoms with Crippen LogP contribution in [0.15, 0.2) is 18.2 Å². The van der Waals surface area contributed by atoms with Crippen LogP contribution in [0.4, 0.5) is 5.69 Å². The van der Waals surface area contributed by atoms with E-state index in [0.29, 0.717) is 15.7 Å². The fraction of sp³-hybridized carbons (Fsp3) is 0.467. The minimum absolute atomic E-state index is 0.0243. The van der Waals surface area contributed by atoms with Crippen LogP contribution in [0.25, 0.3) is 0 Å². The number of carbonyl (C=O) groups excluding carboxylic acids is 2. The Morgan fingerprint density at radius 2 is 1.91 bits per heavy atom. The van der Waals surface area contributed by atoms with Crippen molar-refractivity contribution in [2.45, 2.75) is 32.2 Å². The molecule has 2 unspecified atom stereocenters. The van der Waals surface area contributed by atoms with Crippen molar-refractivity contribution in [2.75, 3.05) is 11.9 Å². The molecule has 2 rings (SSSR count). The van der Waals surface area contributed by atoms with Crippen LogP contribution in [0.5, 0.6) is 0 Å². The number of amides is 2. The van der Waals surface area contributed by atoms with Gasteiger partial charge in [-0.3, -0.25) is 9.59 Å². The number of benzene rings is 1. The molecule has 0 radical (unpaired) electrons. The lowest BCUT2D eigenvalue weighted by atomic mass is 9.86. The van der Waals surface area contributed by atoms with E-state index in [9.17, 15) is 14.7 Å². The third kappa shape index (κ3) is 3.91. The van der Waals surface area contributed by atoms with Gasteiger partial charge in [-0.1, -0.05) is 36.5 Å². The zero-order chi connectivity index (χ0) is 16.3. The van der Waals surface area contributed by atoms with Gasteiger partial charge in [0.2, 0.25) is 0 Å². The van der Waals surface area contributed by atoms with E-state index in [1.165, 1.54) is 18.2 Å². The van der Waals surface area contributed by atoms with Gasteiger partial charge in [-0.25, -0.2) is 0 Å². The summed E-state index contributed by atoms with van der Waals surface area (Å²) >= 11 is 11.7. The molecule has 0 saturated heterocycles. The van der Waals surface area contributed by atoms with Gasteiger partial charge in [-0.15, -0.1) is 0 Å². The average Bonchev–Trinajstić information content (AvgIpc) is 2.79. The number of halogens is 2. The molecule has 0 aliphatic heterocycles. The molecule has 0 spiro atoms. The van der Waals surface area contributed by atoms with E-state index < -0.39 is 11.8 Å². The fourth-order valence-electron chi connectivity index (χ4n) is 2.71. The first-order chi connectivity index (χ1) is 10.3. The second-order valence-corrected chi connectivity index (χ2v) is 6.72. The molecule has 0 aromatic heterocycles. The highest BCUT2D eigenvalue weighted by atomic mass is 35.5. The number of rotatable bonds is 3. The van der Waals surface area contributed by atoms with E-state index >= 15 is 0 Å². The zero-order valence-electron chi connectivity index (χ0n) is 12.2. The summed E-state index contributed by atoms with van der Waals surface area (Å²) in [6.45, 7) is 1.88. The lowest BCUT2D eigenvalue weighted by Gasteiger charge is -2.29. The maximum atomic E-state index is 12.0. The first-order valence-corrected chi connectivity index (χ1v) is 7.78. The van der Waals surface area contributed by atoms with Crippen molar-refractivity contribution in [1.82, 2.24) is 5.32 Å². The molecule has 1 aromatic rings. The number of carbonyl (C=O) groups is 2. The lowest BCUT2D eigenvalue weighted by molar-refractivity contribution is -0.137. The number of aliphatic hydroxyl groups excluding tert-OH is 1. The molecule has 1 fully saturated rings. The highest BCUT2D eigenvalue weighted by molar-refractivity contribution is 6.40. The molecule has 22 heavy (non-hydrogen) atoms. The van der Waals surface area contributed by atoms with Crippen LogP contribution in [-0.2, 0) is 9.59 Å². The summed E-state index contributed by atoms with van der Waals surface area (Å²) in [4.78, 5) is 24.0. The van der Waals surface area contributed by atoms with E-state index in [-0.39, 0.29) is 18.1 Å². The van der Waals surface area contributed by atoms with Crippen molar-refractivity contribution in [3.05, 3.63) is 28.2 Å². The third-order valence-electron chi connectivity index (χ3n) is 4.08. The summed E-state index contributed by atoms with van der Waals surface area (Å²) in [6.07, 6.45) is 2.48. The van der Waals surface area contributed by atoms with Crippen molar-refractivity contribution in [2.24, 2.45) is 5.41 Å². The van der Waals surface area contributed by atoms with Crippen LogP contribution in [-0.4, -0.2) is 29.6 Å². The maximum absolute atomic E-state index is 12.0. The second kappa shape index (κ2) is 6.86. The standard InChI is InChI=1S/C15H18Cl2N2O3/c1-15(8-20)4-2-3-12(15)19-14(22)13(21)18-11-6-9(16)5-10(17)7-11/h5-7,12,20H,2-4,8H2,1H3,(H,18,21)(H,19,22). The first-order valence-electron chi connectivity index (χ1n) is 7.03. The molecule has 1 aliphatic rings. The van der Waals surface area contributed by atoms with Gasteiger partial charge in [-0.05, 0) is 31.0 Å². The molecular weight excluding hydrogens is 327 g/mol. The molecule has 0 heterocycles. The maximum Gasteiger partial charge on any atom is 0.313 e. The highest BCUT2D eigenvalue weighted by Crippen LogP contribution is 2.37. The molecule has 3 N–H and O–H groups in total. The second-order valence-electron chi connectivity index (χ2n) is 5.84. The Bertz CT molecular complexity index is 574. The Labute approximate surface area is 139 Å². The van der Waals surface area contributed by atoms with Crippen molar-refractivity contribution in [3.63, 3.8) is 0 Å². The zero-order valence-corrected chi connectivity index (χ0v) is 13.7. The SMILES string of the molecule is CC1(CO)CCCC1NC(=O)C(=O)Nc1cc(Cl)cc(Cl)c1. The summed E-state index contributed by atoms with van der Waals surface area (Å²) < 4.78 is 0. The van der Waals surface area contributed by atoms with E-state index in [1.54, 1.807) is 0 Å². The predicted molar refractivity (Wildman–Crippen MR) is 86.1 cm³/mol. The van der Waals surface area contributed by atoms with E-state index in [1.807, 2.05) is 6.92 Å². The van der Waals surface area contributed by atoms with Crippen LogP contribution in [0.1, 0.15) is 26.2 Å². The van der Waals surface area contributed by atoms with E-state index in [0.717, 1.165) is 19.3 Å². The van der Waals surface area contributed by atoms with Crippen molar-refractivity contribution >= 4 is 40.7 Å². The summed E-state index contributed by atoms with van der Waals surface area (Å²) in [5.74, 6) is -1.52. The van der Waals surface area contributed by atoms with Gasteiger partial charge < -0.3 is 15.7 Å². The van der Waals surface area contributed by atoms with Crippen LogP contribution in [0.2, 0.25) is 10.0 Å². The predicted octanol–water partition coefficient (Wildman–Crippen LogP) is 2.60. The summed E-state index contributed by atoms with van der Waals surface area (Å²) in [6, 6.07) is 4.33. The molecule has 1 aromatic carbocycles. The Morgan fingerprint density at radius 1 is 1.27 bits per heavy atom. The molecule has 1 saturated carbocycles. The number of nitrogens with one attached hydrogen (secondary N) is 2. The number of hydrogen-bond donors (Lipinski definition) is 3. The molecule has 1 aliphatic carbocycles. The van der Waals surface area contributed by atoms with E-state index in [4.69, 9.17) is 23.2 Å². The van der Waals surface area contributed by atoms with Gasteiger partial charge in [0.1, 0.15) is 0 Å². The van der Waals surface area contributed by atoms with Gasteiger partial charge in [0.25, 0.3) is 0 Å². The quantitative estimate of drug-likeness (QED) is 0.737. The molecule has 2 atom stereocenters. The van der Waals surface area contributed by atoms with Crippen molar-refractivity contribution in [3.8, 4) is 0 Å². The topological polar surface area (TPSA) is 78.4 Å². The van der Waals surface area contributed by atoms with Crippen molar-refractivity contribution < 1.29 is 14.7 Å². The molecule has 5 nitrogen and oxygen atoms in total. The highest BCUT2D eigenvalue weighted by Gasteiger charge is 2.39. The Balaban J connectivity index is 1.99. The summed E-state index contributed by atoms with van der Waals surface area (Å²) in [5.41, 5.74) is -0.0241. The van der Waals surface area contributed by atoms with Crippen molar-refractivity contribution in [1.29, 1.82) is 0 Å². The number of anilines is 1. The van der Waals surface area contributed by atoms with Gasteiger partial charge in [0.15, 0.2) is 0 Å². The van der Waals surface area contributed by atoms with Crippen LogP contribution in [0, 0.1) is 5.41 Å². The fourth-order valence-corrected chi connectivity index (χ4v) is 3.23. The van der Waals surface area contributed by atoms with Gasteiger partial charge in [-0.2, -0.15) is 0 Å². The largest absolute Gasteiger partial charge is 0.396 e. The van der Waals surface area contributed by atoms with Crippen LogP contribution in [0.3, 0.4) is 0 Å². The molecule has 0 bridgehead atoms. The van der Waals surface area contributed by atoms with Gasteiger partial charge >= 0.3 is 11.8 Å². The van der Waals surface area contributed by atoms with Crippen LogP contribution >= 0.6 is 23.2 Å². The summed E-state index contributed by atoms with van der Waals surface area (Å²) in [7, 11) is 0.